The van der Waals surface area contributed by atoms with Crippen molar-refractivity contribution in [3.8, 4) is 11.5 Å². The monoisotopic (exact) mass is 404 g/mol. The Hall–Kier alpha value is -3.33. The summed E-state index contributed by atoms with van der Waals surface area (Å²) in [5.74, 6) is 0.720. The number of hydrogen-bond acceptors (Lipinski definition) is 6. The number of nitrogens with zero attached hydrogens (tertiary/aromatic N) is 1. The van der Waals surface area contributed by atoms with Gasteiger partial charge in [-0.15, -0.1) is 11.3 Å². The summed E-state index contributed by atoms with van der Waals surface area (Å²) < 4.78 is 48.9. The Bertz CT molecular complexity index is 1170. The number of fused-ring (bicyclic) bond motifs is 1. The molecule has 0 atom stereocenters. The van der Waals surface area contributed by atoms with E-state index in [1.165, 1.54) is 23.5 Å². The largest absolute Gasteiger partial charge is 0.457 e. The molecule has 0 aliphatic rings. The van der Waals surface area contributed by atoms with E-state index < -0.39 is 17.4 Å². The van der Waals surface area contributed by atoms with Crippen LogP contribution in [0.1, 0.15) is 5.56 Å². The number of rotatable bonds is 4. The first-order valence-corrected chi connectivity index (χ1v) is 8.87. The van der Waals surface area contributed by atoms with E-state index in [1.807, 2.05) is 0 Å². The van der Waals surface area contributed by atoms with Gasteiger partial charge in [0.2, 0.25) is 0 Å². The molecule has 28 heavy (non-hydrogen) atoms. The summed E-state index contributed by atoms with van der Waals surface area (Å²) >= 11 is 1.26. The summed E-state index contributed by atoms with van der Waals surface area (Å²) in [6.45, 7) is 0. The fourth-order valence-electron chi connectivity index (χ4n) is 2.44. The maximum Gasteiger partial charge on any atom is 0.416 e. The van der Waals surface area contributed by atoms with Crippen molar-refractivity contribution < 1.29 is 22.3 Å². The van der Waals surface area contributed by atoms with Gasteiger partial charge in [0, 0.05) is 5.69 Å². The van der Waals surface area contributed by atoms with Crippen molar-refractivity contribution in [1.29, 1.82) is 0 Å². The third kappa shape index (κ3) is 3.84. The van der Waals surface area contributed by atoms with Crippen LogP contribution in [0, 0.1) is 0 Å². The van der Waals surface area contributed by atoms with E-state index in [0.717, 1.165) is 12.1 Å². The van der Waals surface area contributed by atoms with Crippen molar-refractivity contribution in [2.24, 2.45) is 0 Å². The molecule has 0 aliphatic carbocycles. The first kappa shape index (κ1) is 18.1. The molecule has 2 heterocycles. The predicted molar refractivity (Wildman–Crippen MR) is 99.4 cm³/mol. The van der Waals surface area contributed by atoms with Crippen LogP contribution >= 0.6 is 11.3 Å². The molecule has 5 nitrogen and oxygen atoms in total. The highest BCUT2D eigenvalue weighted by molar-refractivity contribution is 7.17. The van der Waals surface area contributed by atoms with Crippen LogP contribution in [0.5, 0.6) is 11.5 Å². The van der Waals surface area contributed by atoms with Crippen LogP contribution in [-0.4, -0.2) is 4.98 Å². The maximum absolute atomic E-state index is 12.6. The average Bonchev–Trinajstić information content (AvgIpc) is 3.12. The van der Waals surface area contributed by atoms with Crippen LogP contribution in [-0.2, 0) is 6.18 Å². The normalized spacial score (nSPS) is 11.5. The Balaban J connectivity index is 1.46. The van der Waals surface area contributed by atoms with Crippen molar-refractivity contribution in [2.45, 2.75) is 6.18 Å². The third-order valence-electron chi connectivity index (χ3n) is 3.76. The number of nitrogens with one attached hydrogen (secondary N) is 1. The predicted octanol–water partition coefficient (Wildman–Crippen LogP) is 5.80. The second-order valence-corrected chi connectivity index (χ2v) is 6.63. The van der Waals surface area contributed by atoms with Crippen molar-refractivity contribution in [3.05, 3.63) is 76.0 Å². The second kappa shape index (κ2) is 7.01. The smallest absolute Gasteiger partial charge is 0.416 e. The van der Waals surface area contributed by atoms with Gasteiger partial charge in [0.05, 0.1) is 11.1 Å². The molecule has 4 rings (SSSR count). The number of halogens is 3. The third-order valence-corrected chi connectivity index (χ3v) is 4.65. The number of alkyl halides is 3. The van der Waals surface area contributed by atoms with E-state index in [0.29, 0.717) is 21.7 Å². The minimum Gasteiger partial charge on any atom is -0.457 e. The van der Waals surface area contributed by atoms with Gasteiger partial charge in [-0.25, -0.2) is 4.79 Å². The zero-order valence-corrected chi connectivity index (χ0v) is 14.8. The van der Waals surface area contributed by atoms with Gasteiger partial charge in [-0.05, 0) is 60.0 Å². The second-order valence-electron chi connectivity index (χ2n) is 5.72. The lowest BCUT2D eigenvalue weighted by Crippen LogP contribution is -2.04. The van der Waals surface area contributed by atoms with Crippen molar-refractivity contribution >= 4 is 33.3 Å². The van der Waals surface area contributed by atoms with E-state index in [4.69, 9.17) is 9.15 Å². The van der Waals surface area contributed by atoms with Crippen LogP contribution in [0.2, 0.25) is 0 Å². The highest BCUT2D eigenvalue weighted by atomic mass is 32.1. The molecule has 0 saturated carbocycles. The maximum atomic E-state index is 12.6. The number of thiophene rings is 1. The standard InChI is InChI=1S/C19H11F3N2O3S/c20-19(21,22)11-1-5-13(6-2-11)26-14-7-3-12(4-8-14)23-18-24-15-9-10-28-16(15)17(25)27-18/h1-10H,(H,23,24). The van der Waals surface area contributed by atoms with E-state index in [9.17, 15) is 18.0 Å². The molecule has 4 aromatic rings. The topological polar surface area (TPSA) is 64.4 Å². The summed E-state index contributed by atoms with van der Waals surface area (Å²) in [5.41, 5.74) is -0.0586. The van der Waals surface area contributed by atoms with Crippen molar-refractivity contribution in [2.75, 3.05) is 5.32 Å². The van der Waals surface area contributed by atoms with Gasteiger partial charge in [0.1, 0.15) is 16.2 Å². The van der Waals surface area contributed by atoms with Crippen LogP contribution in [0.25, 0.3) is 10.2 Å². The quantitative estimate of drug-likeness (QED) is 0.465. The molecule has 0 amide bonds. The van der Waals surface area contributed by atoms with Gasteiger partial charge in [-0.3, -0.25) is 0 Å². The Kier molecular flexibility index (Phi) is 4.52. The zero-order chi connectivity index (χ0) is 19.7. The average molecular weight is 404 g/mol. The van der Waals surface area contributed by atoms with Crippen molar-refractivity contribution in [3.63, 3.8) is 0 Å². The molecule has 0 unspecified atom stereocenters. The van der Waals surface area contributed by atoms with E-state index in [-0.39, 0.29) is 11.8 Å². The van der Waals surface area contributed by atoms with E-state index in [1.54, 1.807) is 35.7 Å². The molecule has 0 fully saturated rings. The molecular formula is C19H11F3N2O3S. The zero-order valence-electron chi connectivity index (χ0n) is 14.0. The molecule has 2 aromatic carbocycles. The van der Waals surface area contributed by atoms with Crippen LogP contribution in [0.15, 0.2) is 69.2 Å². The lowest BCUT2D eigenvalue weighted by Gasteiger charge is -2.09. The Labute approximate surface area is 160 Å². The van der Waals surface area contributed by atoms with E-state index >= 15 is 0 Å². The Morgan fingerprint density at radius 3 is 2.25 bits per heavy atom. The van der Waals surface area contributed by atoms with Crippen LogP contribution < -0.4 is 15.7 Å². The van der Waals surface area contributed by atoms with Gasteiger partial charge >= 0.3 is 17.8 Å². The summed E-state index contributed by atoms with van der Waals surface area (Å²) in [6, 6.07) is 12.8. The molecule has 0 bridgehead atoms. The first-order chi connectivity index (χ1) is 13.4. The van der Waals surface area contributed by atoms with Gasteiger partial charge in [-0.2, -0.15) is 18.2 Å². The lowest BCUT2D eigenvalue weighted by molar-refractivity contribution is -0.137. The SMILES string of the molecule is O=c1oc(Nc2ccc(Oc3ccc(C(F)(F)F)cc3)cc2)nc2ccsc12. The molecule has 1 N–H and O–H groups in total. The molecule has 0 saturated heterocycles. The van der Waals surface area contributed by atoms with Crippen molar-refractivity contribution in [1.82, 2.24) is 4.98 Å². The van der Waals surface area contributed by atoms with Gasteiger partial charge < -0.3 is 14.5 Å². The van der Waals surface area contributed by atoms with Gasteiger partial charge in [0.15, 0.2) is 0 Å². The Morgan fingerprint density at radius 2 is 1.61 bits per heavy atom. The highest BCUT2D eigenvalue weighted by Crippen LogP contribution is 2.31. The highest BCUT2D eigenvalue weighted by Gasteiger charge is 2.30. The van der Waals surface area contributed by atoms with Crippen LogP contribution in [0.4, 0.5) is 24.9 Å². The van der Waals surface area contributed by atoms with Gasteiger partial charge in [0.25, 0.3) is 0 Å². The minimum atomic E-state index is -4.39. The molecule has 0 spiro atoms. The summed E-state index contributed by atoms with van der Waals surface area (Å²) in [7, 11) is 0. The summed E-state index contributed by atoms with van der Waals surface area (Å²) in [5, 5.41) is 4.64. The van der Waals surface area contributed by atoms with Gasteiger partial charge in [-0.1, -0.05) is 0 Å². The molecular weight excluding hydrogens is 393 g/mol. The number of ether oxygens (including phenoxy) is 1. The summed E-state index contributed by atoms with van der Waals surface area (Å²) in [6.07, 6.45) is -4.39. The fraction of sp³-hybridized carbons (Fsp3) is 0.0526. The fourth-order valence-corrected chi connectivity index (χ4v) is 3.15. The molecule has 0 radical (unpaired) electrons. The molecule has 0 aliphatic heterocycles. The number of hydrogen-bond donors (Lipinski definition) is 1. The van der Waals surface area contributed by atoms with E-state index in [2.05, 4.69) is 10.3 Å². The van der Waals surface area contributed by atoms with Crippen LogP contribution in [0.3, 0.4) is 0 Å². The lowest BCUT2D eigenvalue weighted by atomic mass is 10.2. The molecule has 2 aromatic heterocycles. The minimum absolute atomic E-state index is 0.0623. The first-order valence-electron chi connectivity index (χ1n) is 7.99. The number of benzene rings is 2. The Morgan fingerprint density at radius 1 is 0.964 bits per heavy atom. The number of anilines is 2. The number of aromatic nitrogens is 1. The molecule has 142 valence electrons. The summed E-state index contributed by atoms with van der Waals surface area (Å²) in [4.78, 5) is 16.1. The molecule has 9 heteroatoms.